The number of hydrogen-bond donors (Lipinski definition) is 0. The van der Waals surface area contributed by atoms with Gasteiger partial charge in [-0.3, -0.25) is 9.78 Å². The van der Waals surface area contributed by atoms with Crippen LogP contribution in [0.25, 0.3) is 10.8 Å². The maximum Gasteiger partial charge on any atom is 0.227 e. The number of fused-ring (bicyclic) bond motifs is 1. The lowest BCUT2D eigenvalue weighted by atomic mass is 9.99. The molecule has 0 spiro atoms. The number of rotatable bonds is 4. The molecule has 4 nitrogen and oxygen atoms in total. The van der Waals surface area contributed by atoms with E-state index in [0.717, 1.165) is 12.0 Å². The summed E-state index contributed by atoms with van der Waals surface area (Å²) in [7, 11) is 0. The molecule has 2 aromatic carbocycles. The fourth-order valence-corrected chi connectivity index (χ4v) is 3.57. The molecule has 1 aliphatic rings. The molecule has 0 saturated carbocycles. The average molecular weight is 346 g/mol. The molecule has 1 aliphatic heterocycles. The van der Waals surface area contributed by atoms with Gasteiger partial charge in [-0.25, -0.2) is 0 Å². The van der Waals surface area contributed by atoms with E-state index in [1.54, 1.807) is 12.4 Å². The Kier molecular flexibility index (Phi) is 4.93. The summed E-state index contributed by atoms with van der Waals surface area (Å²) in [5.41, 5.74) is 2.28. The summed E-state index contributed by atoms with van der Waals surface area (Å²) in [6.45, 7) is 1.90. The van der Waals surface area contributed by atoms with Crippen molar-refractivity contribution < 1.29 is 9.53 Å². The second kappa shape index (κ2) is 7.67. The van der Waals surface area contributed by atoms with Crippen molar-refractivity contribution in [3.8, 4) is 0 Å². The second-order valence-corrected chi connectivity index (χ2v) is 6.71. The minimum absolute atomic E-state index is 0.0379. The zero-order valence-corrected chi connectivity index (χ0v) is 14.7. The summed E-state index contributed by atoms with van der Waals surface area (Å²) in [5, 5.41) is 2.50. The van der Waals surface area contributed by atoms with Gasteiger partial charge in [-0.05, 0) is 34.0 Å². The molecule has 0 aliphatic carbocycles. The smallest absolute Gasteiger partial charge is 0.227 e. The van der Waals surface area contributed by atoms with Crippen LogP contribution in [0.4, 0.5) is 0 Å². The average Bonchev–Trinajstić information content (AvgIpc) is 2.69. The lowest BCUT2D eigenvalue weighted by Gasteiger charge is -2.33. The maximum absolute atomic E-state index is 12.6. The van der Waals surface area contributed by atoms with Gasteiger partial charge >= 0.3 is 0 Å². The van der Waals surface area contributed by atoms with Crippen LogP contribution in [-0.4, -0.2) is 41.6 Å². The van der Waals surface area contributed by atoms with Gasteiger partial charge in [-0.1, -0.05) is 42.5 Å². The summed E-state index contributed by atoms with van der Waals surface area (Å²) in [4.78, 5) is 18.6. The number of carbonyl (C=O) groups excluding carboxylic acids is 1. The molecule has 132 valence electrons. The molecule has 0 radical (unpaired) electrons. The third kappa shape index (κ3) is 3.75. The van der Waals surface area contributed by atoms with Crippen LogP contribution in [0.1, 0.15) is 11.1 Å². The quantitative estimate of drug-likeness (QED) is 0.728. The highest BCUT2D eigenvalue weighted by Crippen LogP contribution is 2.22. The Balaban J connectivity index is 1.44. The number of hydrogen-bond acceptors (Lipinski definition) is 3. The Morgan fingerprint density at radius 3 is 2.77 bits per heavy atom. The van der Waals surface area contributed by atoms with E-state index in [1.807, 2.05) is 17.0 Å². The molecule has 4 rings (SSSR count). The molecular formula is C22H22N2O2. The first kappa shape index (κ1) is 16.7. The van der Waals surface area contributed by atoms with Crippen LogP contribution in [0.15, 0.2) is 67.0 Å². The molecule has 1 atom stereocenters. The van der Waals surface area contributed by atoms with Gasteiger partial charge in [-0.15, -0.1) is 0 Å². The molecule has 3 aromatic rings. The van der Waals surface area contributed by atoms with Gasteiger partial charge in [0.05, 0.1) is 19.1 Å². The molecule has 1 unspecified atom stereocenters. The van der Waals surface area contributed by atoms with E-state index < -0.39 is 0 Å². The van der Waals surface area contributed by atoms with Gasteiger partial charge < -0.3 is 9.64 Å². The highest BCUT2D eigenvalue weighted by molar-refractivity contribution is 5.85. The van der Waals surface area contributed by atoms with Crippen LogP contribution in [0, 0.1) is 0 Å². The lowest BCUT2D eigenvalue weighted by Crippen LogP contribution is -2.46. The van der Waals surface area contributed by atoms with Crippen molar-refractivity contribution in [3.05, 3.63) is 78.1 Å². The fourth-order valence-electron chi connectivity index (χ4n) is 3.57. The first-order chi connectivity index (χ1) is 12.8. The first-order valence-electron chi connectivity index (χ1n) is 9.04. The molecule has 1 amide bonds. The van der Waals surface area contributed by atoms with Crippen LogP contribution in [0.2, 0.25) is 0 Å². The molecule has 0 bridgehead atoms. The number of ether oxygens (including phenoxy) is 1. The monoisotopic (exact) mass is 346 g/mol. The van der Waals surface area contributed by atoms with Gasteiger partial charge in [-0.2, -0.15) is 0 Å². The number of morpholine rings is 1. The Labute approximate surface area is 153 Å². The maximum atomic E-state index is 12.6. The van der Waals surface area contributed by atoms with E-state index in [4.69, 9.17) is 4.74 Å². The number of pyridine rings is 1. The predicted molar refractivity (Wildman–Crippen MR) is 102 cm³/mol. The fraction of sp³-hybridized carbons (Fsp3) is 0.273. The second-order valence-electron chi connectivity index (χ2n) is 6.71. The van der Waals surface area contributed by atoms with Gasteiger partial charge in [0, 0.05) is 31.9 Å². The first-order valence-corrected chi connectivity index (χ1v) is 9.04. The van der Waals surface area contributed by atoms with E-state index >= 15 is 0 Å². The third-order valence-electron chi connectivity index (χ3n) is 4.92. The zero-order chi connectivity index (χ0) is 17.8. The van der Waals surface area contributed by atoms with E-state index in [1.165, 1.54) is 16.3 Å². The summed E-state index contributed by atoms with van der Waals surface area (Å²) in [6.07, 6.45) is 4.73. The predicted octanol–water partition coefficient (Wildman–Crippen LogP) is 3.25. The topological polar surface area (TPSA) is 42.4 Å². The van der Waals surface area contributed by atoms with Gasteiger partial charge in [0.15, 0.2) is 0 Å². The standard InChI is InChI=1S/C22H22N2O2/c25-22(14-17-8-10-23-11-9-17)24-12-13-26-20(16-24)15-19-6-3-5-18-4-1-2-7-21(18)19/h1-11,20H,12-16H2. The highest BCUT2D eigenvalue weighted by Gasteiger charge is 2.24. The van der Waals surface area contributed by atoms with Crippen LogP contribution >= 0.6 is 0 Å². The van der Waals surface area contributed by atoms with Gasteiger partial charge in [0.1, 0.15) is 0 Å². The normalized spacial score (nSPS) is 17.4. The molecule has 4 heteroatoms. The molecule has 0 N–H and O–H groups in total. The summed E-state index contributed by atoms with van der Waals surface area (Å²) >= 11 is 0. The minimum atomic E-state index is 0.0379. The van der Waals surface area contributed by atoms with Crippen molar-refractivity contribution in [2.75, 3.05) is 19.7 Å². The van der Waals surface area contributed by atoms with Crippen molar-refractivity contribution in [2.24, 2.45) is 0 Å². The van der Waals surface area contributed by atoms with E-state index in [-0.39, 0.29) is 12.0 Å². The van der Waals surface area contributed by atoms with Gasteiger partial charge in [0.25, 0.3) is 0 Å². The molecule has 1 saturated heterocycles. The Morgan fingerprint density at radius 1 is 1.08 bits per heavy atom. The van der Waals surface area contributed by atoms with Crippen molar-refractivity contribution in [2.45, 2.75) is 18.9 Å². The van der Waals surface area contributed by atoms with Crippen LogP contribution < -0.4 is 0 Å². The van der Waals surface area contributed by atoms with Crippen molar-refractivity contribution in [1.82, 2.24) is 9.88 Å². The van der Waals surface area contributed by atoms with Crippen LogP contribution in [-0.2, 0) is 22.4 Å². The van der Waals surface area contributed by atoms with Crippen molar-refractivity contribution in [1.29, 1.82) is 0 Å². The number of nitrogens with zero attached hydrogens (tertiary/aromatic N) is 2. The molecule has 26 heavy (non-hydrogen) atoms. The Morgan fingerprint density at radius 2 is 1.88 bits per heavy atom. The largest absolute Gasteiger partial charge is 0.374 e. The summed E-state index contributed by atoms with van der Waals surface area (Å²) < 4.78 is 5.96. The molecule has 1 aromatic heterocycles. The van der Waals surface area contributed by atoms with Gasteiger partial charge in [0.2, 0.25) is 5.91 Å². The number of aromatic nitrogens is 1. The van der Waals surface area contributed by atoms with Crippen molar-refractivity contribution in [3.63, 3.8) is 0 Å². The SMILES string of the molecule is O=C(Cc1ccncc1)N1CCOC(Cc2cccc3ccccc23)C1. The van der Waals surface area contributed by atoms with E-state index in [2.05, 4.69) is 47.4 Å². The van der Waals surface area contributed by atoms with E-state index in [9.17, 15) is 4.79 Å². The minimum Gasteiger partial charge on any atom is -0.374 e. The lowest BCUT2D eigenvalue weighted by molar-refractivity contribution is -0.138. The van der Waals surface area contributed by atoms with Crippen LogP contribution in [0.5, 0.6) is 0 Å². The summed E-state index contributed by atoms with van der Waals surface area (Å²) in [5.74, 6) is 0.155. The van der Waals surface area contributed by atoms with Crippen molar-refractivity contribution >= 4 is 16.7 Å². The number of amides is 1. The third-order valence-corrected chi connectivity index (χ3v) is 4.92. The summed E-state index contributed by atoms with van der Waals surface area (Å²) in [6, 6.07) is 18.6. The zero-order valence-electron chi connectivity index (χ0n) is 14.7. The molecule has 1 fully saturated rings. The number of benzene rings is 2. The Hall–Kier alpha value is -2.72. The number of carbonyl (C=O) groups is 1. The molecule has 2 heterocycles. The highest BCUT2D eigenvalue weighted by atomic mass is 16.5. The van der Waals surface area contributed by atoms with E-state index in [0.29, 0.717) is 26.1 Å². The van der Waals surface area contributed by atoms with Crippen LogP contribution in [0.3, 0.4) is 0 Å². The molecular weight excluding hydrogens is 324 g/mol. The Bertz CT molecular complexity index is 890.